The summed E-state index contributed by atoms with van der Waals surface area (Å²) < 4.78 is 18.9. The number of ether oxygens (including phenoxy) is 2. The molecule has 1 unspecified atom stereocenters. The van der Waals surface area contributed by atoms with Crippen molar-refractivity contribution in [2.45, 2.75) is 19.9 Å². The number of hydrogen-bond donors (Lipinski definition) is 0. The molecule has 0 bridgehead atoms. The van der Waals surface area contributed by atoms with Gasteiger partial charge in [0.1, 0.15) is 23.3 Å². The molecule has 0 N–H and O–H groups in total. The van der Waals surface area contributed by atoms with Crippen LogP contribution in [0.2, 0.25) is 5.02 Å². The third-order valence-electron chi connectivity index (χ3n) is 7.26. The maximum Gasteiger partial charge on any atom is 0.338 e. The number of halogens is 1. The Morgan fingerprint density at radius 3 is 2.73 bits per heavy atom. The van der Waals surface area contributed by atoms with Gasteiger partial charge in [0.15, 0.2) is 4.80 Å². The Morgan fingerprint density at radius 2 is 1.98 bits per heavy atom. The Labute approximate surface area is 258 Å². The summed E-state index contributed by atoms with van der Waals surface area (Å²) in [5, 5.41) is 13.6. The Balaban J connectivity index is 1.56. The highest BCUT2D eigenvalue weighted by Gasteiger charge is 2.36. The zero-order valence-corrected chi connectivity index (χ0v) is 25.3. The van der Waals surface area contributed by atoms with Gasteiger partial charge in [-0.1, -0.05) is 53.3 Å². The van der Waals surface area contributed by atoms with Gasteiger partial charge in [0.25, 0.3) is 11.2 Å². The smallest absolute Gasteiger partial charge is 0.338 e. The fourth-order valence-electron chi connectivity index (χ4n) is 5.37. The zero-order chi connectivity index (χ0) is 31.1. The van der Waals surface area contributed by atoms with E-state index in [2.05, 4.69) is 4.99 Å². The summed E-state index contributed by atoms with van der Waals surface area (Å²) in [5.74, 6) is 0.463. The molecule has 5 aromatic rings. The molecule has 0 saturated heterocycles. The number of nitrogens with zero attached hydrogens (tertiary/aromatic N) is 3. The van der Waals surface area contributed by atoms with Crippen LogP contribution in [0.15, 0.2) is 92.2 Å². The molecule has 1 atom stereocenters. The fourth-order valence-corrected chi connectivity index (χ4v) is 6.56. The zero-order valence-electron chi connectivity index (χ0n) is 23.7. The summed E-state index contributed by atoms with van der Waals surface area (Å²) in [4.78, 5) is 43.7. The predicted molar refractivity (Wildman–Crippen MR) is 167 cm³/mol. The van der Waals surface area contributed by atoms with Crippen LogP contribution in [-0.4, -0.2) is 29.2 Å². The molecule has 0 amide bonds. The van der Waals surface area contributed by atoms with E-state index < -0.39 is 22.5 Å². The number of carbonyl (C=O) groups excluding carboxylic acids is 1. The van der Waals surface area contributed by atoms with Crippen LogP contribution in [0.4, 0.5) is 5.69 Å². The van der Waals surface area contributed by atoms with Crippen LogP contribution in [0.5, 0.6) is 5.75 Å². The maximum absolute atomic E-state index is 14.1. The molecular weight excluding hydrogens is 606 g/mol. The van der Waals surface area contributed by atoms with Crippen molar-refractivity contribution >= 4 is 51.4 Å². The van der Waals surface area contributed by atoms with Gasteiger partial charge in [0, 0.05) is 22.7 Å². The summed E-state index contributed by atoms with van der Waals surface area (Å²) in [7, 11) is 1.54. The number of benzene rings is 3. The molecule has 0 spiro atoms. The van der Waals surface area contributed by atoms with Gasteiger partial charge >= 0.3 is 5.97 Å². The first kappa shape index (κ1) is 29.1. The quantitative estimate of drug-likeness (QED) is 0.127. The minimum absolute atomic E-state index is 0.145. The van der Waals surface area contributed by atoms with Crippen LogP contribution in [0, 0.1) is 10.1 Å². The number of carbonyl (C=O) groups is 1. The van der Waals surface area contributed by atoms with E-state index in [4.69, 9.17) is 25.5 Å². The second-order valence-electron chi connectivity index (χ2n) is 9.83. The molecule has 1 aliphatic rings. The van der Waals surface area contributed by atoms with Gasteiger partial charge in [0.2, 0.25) is 0 Å². The number of nitro groups is 1. The summed E-state index contributed by atoms with van der Waals surface area (Å²) in [6.45, 7) is 3.57. The Bertz CT molecular complexity index is 2200. The van der Waals surface area contributed by atoms with Crippen LogP contribution in [0.3, 0.4) is 0 Å². The van der Waals surface area contributed by atoms with Gasteiger partial charge < -0.3 is 13.9 Å². The van der Waals surface area contributed by atoms with E-state index in [1.54, 1.807) is 32.1 Å². The first-order chi connectivity index (χ1) is 21.2. The number of hydrogen-bond acceptors (Lipinski definition) is 9. The fraction of sp³-hybridized carbons (Fsp3) is 0.156. The molecule has 0 saturated carbocycles. The lowest BCUT2D eigenvalue weighted by Crippen LogP contribution is -2.40. The van der Waals surface area contributed by atoms with Crippen molar-refractivity contribution in [2.24, 2.45) is 4.99 Å². The molecule has 222 valence electrons. The summed E-state index contributed by atoms with van der Waals surface area (Å²) >= 11 is 7.10. The van der Waals surface area contributed by atoms with Crippen LogP contribution in [0.25, 0.3) is 28.2 Å². The van der Waals surface area contributed by atoms with Crippen molar-refractivity contribution in [3.63, 3.8) is 0 Å². The molecule has 1 aliphatic heterocycles. The van der Waals surface area contributed by atoms with Gasteiger partial charge in [-0.05, 0) is 55.0 Å². The molecule has 0 fully saturated rings. The number of allylic oxidation sites excluding steroid dienone is 1. The highest BCUT2D eigenvalue weighted by molar-refractivity contribution is 7.07. The van der Waals surface area contributed by atoms with Crippen LogP contribution >= 0.6 is 22.9 Å². The number of fused-ring (bicyclic) bond motifs is 2. The van der Waals surface area contributed by atoms with Crippen molar-refractivity contribution in [1.82, 2.24) is 4.57 Å². The molecule has 44 heavy (non-hydrogen) atoms. The van der Waals surface area contributed by atoms with Crippen LogP contribution < -0.4 is 19.6 Å². The summed E-state index contributed by atoms with van der Waals surface area (Å²) in [6.07, 6.45) is 1.55. The number of furan rings is 1. The Morgan fingerprint density at radius 1 is 1.18 bits per heavy atom. The highest BCUT2D eigenvalue weighted by atomic mass is 35.5. The summed E-state index contributed by atoms with van der Waals surface area (Å²) in [5.41, 5.74) is 0.925. The van der Waals surface area contributed by atoms with E-state index >= 15 is 0 Å². The number of thiazole rings is 1. The van der Waals surface area contributed by atoms with Crippen molar-refractivity contribution in [1.29, 1.82) is 0 Å². The second-order valence-corrected chi connectivity index (χ2v) is 11.3. The number of nitro benzene ring substituents is 1. The van der Waals surface area contributed by atoms with E-state index in [0.717, 1.165) is 22.1 Å². The molecule has 12 heteroatoms. The van der Waals surface area contributed by atoms with E-state index in [0.29, 0.717) is 27.6 Å². The maximum atomic E-state index is 14.1. The largest absolute Gasteiger partial charge is 0.496 e. The van der Waals surface area contributed by atoms with Gasteiger partial charge in [-0.25, -0.2) is 9.79 Å². The molecule has 0 aliphatic carbocycles. The third-order valence-corrected chi connectivity index (χ3v) is 8.48. The van der Waals surface area contributed by atoms with Crippen LogP contribution in [0.1, 0.15) is 31.2 Å². The van der Waals surface area contributed by atoms with Crippen molar-refractivity contribution in [3.05, 3.63) is 124 Å². The monoisotopic (exact) mass is 629 g/mol. The highest BCUT2D eigenvalue weighted by Crippen LogP contribution is 2.40. The van der Waals surface area contributed by atoms with Gasteiger partial charge in [-0.15, -0.1) is 0 Å². The van der Waals surface area contributed by atoms with Crippen molar-refractivity contribution in [2.75, 3.05) is 13.7 Å². The van der Waals surface area contributed by atoms with Crippen LogP contribution in [-0.2, 0) is 9.53 Å². The van der Waals surface area contributed by atoms with E-state index in [-0.39, 0.29) is 38.7 Å². The SMILES string of the molecule is CCOC(=O)C1=C(C)N=c2s/c(=C\c3ccc(-c4ccc(Cl)cc4[N+](=O)[O-])o3)c(=O)n2C1c1c(OC)ccc2ccccc12. The van der Waals surface area contributed by atoms with Gasteiger partial charge in [0.05, 0.1) is 40.0 Å². The molecular formula is C32H24ClN3O7S. The van der Waals surface area contributed by atoms with Gasteiger partial charge in [-0.2, -0.15) is 0 Å². The molecule has 6 rings (SSSR count). The van der Waals surface area contributed by atoms with E-state index in [9.17, 15) is 19.7 Å². The van der Waals surface area contributed by atoms with E-state index in [1.807, 2.05) is 36.4 Å². The average molecular weight is 630 g/mol. The Hall–Kier alpha value is -5.00. The van der Waals surface area contributed by atoms with E-state index in [1.165, 1.54) is 29.9 Å². The van der Waals surface area contributed by atoms with Crippen molar-refractivity contribution < 1.29 is 23.6 Å². The topological polar surface area (TPSA) is 126 Å². The number of methoxy groups -OCH3 is 1. The number of aromatic nitrogens is 1. The molecule has 10 nitrogen and oxygen atoms in total. The minimum Gasteiger partial charge on any atom is -0.496 e. The first-order valence-electron chi connectivity index (χ1n) is 13.5. The van der Waals surface area contributed by atoms with Gasteiger partial charge in [-0.3, -0.25) is 19.5 Å². The lowest BCUT2D eigenvalue weighted by Gasteiger charge is -2.27. The lowest BCUT2D eigenvalue weighted by atomic mass is 9.90. The van der Waals surface area contributed by atoms with Crippen molar-refractivity contribution in [3.8, 4) is 17.1 Å². The Kier molecular flexibility index (Phi) is 7.66. The number of esters is 1. The second kappa shape index (κ2) is 11.6. The minimum atomic E-state index is -0.891. The lowest BCUT2D eigenvalue weighted by molar-refractivity contribution is -0.384. The first-order valence-corrected chi connectivity index (χ1v) is 14.7. The summed E-state index contributed by atoms with van der Waals surface area (Å²) in [6, 6.07) is 18.0. The normalized spacial score (nSPS) is 14.8. The molecule has 3 heterocycles. The predicted octanol–water partition coefficient (Wildman–Crippen LogP) is 5.78. The standard InChI is InChI=1S/C32H24ClN3O7S/c1-4-42-31(38)27-17(2)34-32-35(29(27)28-21-8-6-5-7-18(21)9-13-25(28)41-3)30(37)26(44-32)16-20-11-14-24(43-20)22-12-10-19(33)15-23(22)36(39)40/h5-16,29H,4H2,1-3H3/b26-16-. The number of rotatable bonds is 7. The third kappa shape index (κ3) is 4.99. The molecule has 2 aromatic heterocycles. The molecule has 0 radical (unpaired) electrons. The molecule has 3 aromatic carbocycles. The average Bonchev–Trinajstić information content (AvgIpc) is 3.59.